The SMILES string of the molecule is Cn1c(=O)c2ccccc2n2c(CSc3nnc(-c4ccco4)n3N)nnc12. The number of aryl methyl sites for hydroxylation is 1. The minimum absolute atomic E-state index is 0.112. The van der Waals surface area contributed by atoms with Crippen LogP contribution in [0.2, 0.25) is 0 Å². The molecule has 0 aliphatic heterocycles. The van der Waals surface area contributed by atoms with E-state index in [4.69, 9.17) is 10.3 Å². The molecule has 0 radical (unpaired) electrons. The number of nitrogens with two attached hydrogens (primary N) is 1. The first kappa shape index (κ1) is 16.6. The Morgan fingerprint density at radius 3 is 2.79 bits per heavy atom. The Morgan fingerprint density at radius 1 is 1.11 bits per heavy atom. The third kappa shape index (κ3) is 2.40. The van der Waals surface area contributed by atoms with Crippen molar-refractivity contribution in [1.82, 2.24) is 34.0 Å². The molecule has 0 spiro atoms. The molecular formula is C17H14N8O2S. The van der Waals surface area contributed by atoms with Crippen molar-refractivity contribution in [1.29, 1.82) is 0 Å². The molecular weight excluding hydrogens is 380 g/mol. The van der Waals surface area contributed by atoms with Crippen molar-refractivity contribution in [2.24, 2.45) is 7.05 Å². The van der Waals surface area contributed by atoms with Crippen LogP contribution in [0.15, 0.2) is 57.0 Å². The fourth-order valence-electron chi connectivity index (χ4n) is 3.06. The zero-order valence-electron chi connectivity index (χ0n) is 14.7. The summed E-state index contributed by atoms with van der Waals surface area (Å²) in [5.74, 6) is 8.67. The van der Waals surface area contributed by atoms with Crippen molar-refractivity contribution >= 4 is 28.4 Å². The number of benzene rings is 1. The highest BCUT2D eigenvalue weighted by atomic mass is 32.2. The molecule has 4 aromatic heterocycles. The fourth-order valence-corrected chi connectivity index (χ4v) is 3.83. The van der Waals surface area contributed by atoms with E-state index in [0.29, 0.717) is 39.5 Å². The van der Waals surface area contributed by atoms with Gasteiger partial charge in [-0.05, 0) is 24.3 Å². The maximum absolute atomic E-state index is 12.5. The topological polar surface area (TPSA) is 122 Å². The van der Waals surface area contributed by atoms with E-state index in [1.165, 1.54) is 21.0 Å². The normalized spacial score (nSPS) is 11.6. The second kappa shape index (κ2) is 6.23. The standard InChI is InChI=1S/C17H14N8O2S/c1-23-15(26)10-5-2-3-6-11(10)24-13(19-21-16(23)24)9-28-17-22-20-14(25(17)18)12-7-4-8-27-12/h2-8H,9,18H2,1H3. The second-order valence-electron chi connectivity index (χ2n) is 6.08. The molecule has 0 saturated heterocycles. The number of nitrogen functional groups attached to an aromatic ring is 1. The molecule has 0 aliphatic rings. The van der Waals surface area contributed by atoms with Gasteiger partial charge in [0.1, 0.15) is 5.82 Å². The average molecular weight is 394 g/mol. The van der Waals surface area contributed by atoms with E-state index >= 15 is 0 Å². The molecule has 1 aromatic carbocycles. The van der Waals surface area contributed by atoms with Gasteiger partial charge in [0.15, 0.2) is 5.76 Å². The van der Waals surface area contributed by atoms with Gasteiger partial charge in [-0.1, -0.05) is 23.9 Å². The summed E-state index contributed by atoms with van der Waals surface area (Å²) >= 11 is 1.37. The molecule has 0 amide bonds. The van der Waals surface area contributed by atoms with Gasteiger partial charge >= 0.3 is 0 Å². The quantitative estimate of drug-likeness (QED) is 0.359. The zero-order chi connectivity index (χ0) is 19.3. The second-order valence-corrected chi connectivity index (χ2v) is 7.02. The number of hydrogen-bond donors (Lipinski definition) is 1. The summed E-state index contributed by atoms with van der Waals surface area (Å²) in [5, 5.41) is 17.8. The van der Waals surface area contributed by atoms with Crippen molar-refractivity contribution in [3.63, 3.8) is 0 Å². The molecule has 0 bridgehead atoms. The number of rotatable bonds is 4. The van der Waals surface area contributed by atoms with Crippen molar-refractivity contribution in [3.05, 3.63) is 58.8 Å². The summed E-state index contributed by atoms with van der Waals surface area (Å²) in [6, 6.07) is 10.9. The molecule has 5 aromatic rings. The summed E-state index contributed by atoms with van der Waals surface area (Å²) in [6.45, 7) is 0. The number of hydrogen-bond acceptors (Lipinski definition) is 8. The van der Waals surface area contributed by atoms with Crippen LogP contribution < -0.4 is 11.4 Å². The Labute approximate surface area is 161 Å². The average Bonchev–Trinajstić information content (AvgIpc) is 3.44. The van der Waals surface area contributed by atoms with E-state index in [1.807, 2.05) is 22.6 Å². The lowest BCUT2D eigenvalue weighted by molar-refractivity contribution is 0.574. The van der Waals surface area contributed by atoms with Crippen LogP contribution in [-0.4, -0.2) is 34.0 Å². The van der Waals surface area contributed by atoms with Crippen molar-refractivity contribution in [2.45, 2.75) is 10.9 Å². The molecule has 2 N–H and O–H groups in total. The van der Waals surface area contributed by atoms with E-state index in [1.54, 1.807) is 31.5 Å². The number of nitrogens with zero attached hydrogens (tertiary/aromatic N) is 7. The summed E-state index contributed by atoms with van der Waals surface area (Å²) < 4.78 is 10.1. The van der Waals surface area contributed by atoms with Crippen LogP contribution in [-0.2, 0) is 12.8 Å². The van der Waals surface area contributed by atoms with E-state index < -0.39 is 0 Å². The van der Waals surface area contributed by atoms with Gasteiger partial charge in [0.05, 0.1) is 22.9 Å². The number of thioether (sulfide) groups is 1. The lowest BCUT2D eigenvalue weighted by Gasteiger charge is -2.07. The molecule has 10 nitrogen and oxygen atoms in total. The molecule has 0 saturated carbocycles. The predicted molar refractivity (Wildman–Crippen MR) is 103 cm³/mol. The minimum atomic E-state index is -0.112. The summed E-state index contributed by atoms with van der Waals surface area (Å²) in [7, 11) is 1.68. The third-order valence-corrected chi connectivity index (χ3v) is 5.37. The predicted octanol–water partition coefficient (Wildman–Crippen LogP) is 1.44. The number of furan rings is 1. The Morgan fingerprint density at radius 2 is 1.96 bits per heavy atom. The molecule has 4 heterocycles. The van der Waals surface area contributed by atoms with Crippen LogP contribution in [0, 0.1) is 0 Å². The van der Waals surface area contributed by atoms with Gasteiger partial charge in [-0.15, -0.1) is 20.4 Å². The van der Waals surface area contributed by atoms with Gasteiger partial charge in [0.25, 0.3) is 5.56 Å². The Balaban J connectivity index is 1.54. The minimum Gasteiger partial charge on any atom is -0.461 e. The Bertz CT molecular complexity index is 1370. The first-order valence-electron chi connectivity index (χ1n) is 8.34. The van der Waals surface area contributed by atoms with Gasteiger partial charge in [-0.2, -0.15) is 0 Å². The van der Waals surface area contributed by atoms with Gasteiger partial charge < -0.3 is 10.3 Å². The van der Waals surface area contributed by atoms with E-state index in [9.17, 15) is 4.79 Å². The van der Waals surface area contributed by atoms with Crippen molar-refractivity contribution in [3.8, 4) is 11.6 Å². The molecule has 0 unspecified atom stereocenters. The number of fused-ring (bicyclic) bond motifs is 3. The summed E-state index contributed by atoms with van der Waals surface area (Å²) in [4.78, 5) is 12.5. The third-order valence-electron chi connectivity index (χ3n) is 4.43. The number of aromatic nitrogens is 7. The monoisotopic (exact) mass is 394 g/mol. The van der Waals surface area contributed by atoms with Crippen LogP contribution in [0.1, 0.15) is 5.82 Å². The lowest BCUT2D eigenvalue weighted by atomic mass is 10.2. The van der Waals surface area contributed by atoms with E-state index in [2.05, 4.69) is 20.4 Å². The smallest absolute Gasteiger partial charge is 0.262 e. The van der Waals surface area contributed by atoms with Gasteiger partial charge in [0, 0.05) is 7.05 Å². The number of para-hydroxylation sites is 1. The zero-order valence-corrected chi connectivity index (χ0v) is 15.5. The lowest BCUT2D eigenvalue weighted by Crippen LogP contribution is -2.20. The molecule has 0 atom stereocenters. The summed E-state index contributed by atoms with van der Waals surface area (Å²) in [6.07, 6.45) is 1.55. The highest BCUT2D eigenvalue weighted by Gasteiger charge is 2.18. The van der Waals surface area contributed by atoms with Gasteiger partial charge in [0.2, 0.25) is 16.8 Å². The molecule has 11 heteroatoms. The van der Waals surface area contributed by atoms with E-state index in [-0.39, 0.29) is 5.56 Å². The van der Waals surface area contributed by atoms with Crippen LogP contribution >= 0.6 is 11.8 Å². The molecule has 28 heavy (non-hydrogen) atoms. The fraction of sp³-hybridized carbons (Fsp3) is 0.118. The van der Waals surface area contributed by atoms with Crippen LogP contribution in [0.5, 0.6) is 0 Å². The Kier molecular flexibility index (Phi) is 3.69. The molecule has 5 rings (SSSR count). The van der Waals surface area contributed by atoms with E-state index in [0.717, 1.165) is 5.52 Å². The highest BCUT2D eigenvalue weighted by molar-refractivity contribution is 7.98. The van der Waals surface area contributed by atoms with Crippen molar-refractivity contribution in [2.75, 3.05) is 5.84 Å². The Hall–Kier alpha value is -3.60. The highest BCUT2D eigenvalue weighted by Crippen LogP contribution is 2.25. The largest absolute Gasteiger partial charge is 0.461 e. The van der Waals surface area contributed by atoms with Crippen LogP contribution in [0.3, 0.4) is 0 Å². The van der Waals surface area contributed by atoms with Gasteiger partial charge in [-0.25, -0.2) is 4.68 Å². The molecule has 140 valence electrons. The van der Waals surface area contributed by atoms with Crippen LogP contribution in [0.25, 0.3) is 28.3 Å². The summed E-state index contributed by atoms with van der Waals surface area (Å²) in [5.41, 5.74) is 0.645. The first-order valence-corrected chi connectivity index (χ1v) is 9.32. The van der Waals surface area contributed by atoms with Crippen molar-refractivity contribution < 1.29 is 4.42 Å². The maximum atomic E-state index is 12.5. The maximum Gasteiger partial charge on any atom is 0.262 e. The molecule has 0 aliphatic carbocycles. The van der Waals surface area contributed by atoms with Crippen LogP contribution in [0.4, 0.5) is 0 Å². The first-order chi connectivity index (χ1) is 13.6. The molecule has 0 fully saturated rings. The van der Waals surface area contributed by atoms with Gasteiger partial charge in [-0.3, -0.25) is 13.8 Å².